The number of piperazine rings is 1. The minimum Gasteiger partial charge on any atom is -0.353 e. The third kappa shape index (κ3) is 8.98. The molecule has 15 heteroatoms. The van der Waals surface area contributed by atoms with Crippen LogP contribution in [0.5, 0.6) is 0 Å². The lowest BCUT2D eigenvalue weighted by Gasteiger charge is -2.42. The summed E-state index contributed by atoms with van der Waals surface area (Å²) in [7, 11) is 0. The maximum atomic E-state index is 13.5. The van der Waals surface area contributed by atoms with E-state index >= 15 is 0 Å². The number of H-pyrrole nitrogens is 1. The Bertz CT molecular complexity index is 1290. The highest BCUT2D eigenvalue weighted by molar-refractivity contribution is 5.95. The number of nitrogens with zero attached hydrogens (tertiary/aromatic N) is 4. The Morgan fingerprint density at radius 3 is 2.21 bits per heavy atom. The van der Waals surface area contributed by atoms with Gasteiger partial charge >= 0.3 is 12.4 Å². The molecule has 2 aromatic carbocycles. The third-order valence-electron chi connectivity index (χ3n) is 7.05. The van der Waals surface area contributed by atoms with Crippen molar-refractivity contribution >= 4 is 36.7 Å². The Morgan fingerprint density at radius 1 is 0.976 bits per heavy atom. The lowest BCUT2D eigenvalue weighted by Crippen LogP contribution is -2.56. The minimum atomic E-state index is -5.03. The quantitative estimate of drug-likeness (QED) is 0.227. The summed E-state index contributed by atoms with van der Waals surface area (Å²) in [6, 6.07) is 6.47. The standard InChI is InChI=1S/C27H30F6N6O.2ClH/c1-17-4-5-19(10-18(17)2)11-23-15-38(7-3-6-34-25-35-16-36-37-25)8-9-39(23)24(40)20-12-21(26(28,29)30)14-22(13-20)27(31,32)33;;/h4-5,10,12-14,16,23H,3,6-9,11,15H2,1-2H3,(H2,34,35,36,37);2*1H/t23-;;/m1../s1. The highest BCUT2D eigenvalue weighted by atomic mass is 35.5. The van der Waals surface area contributed by atoms with Crippen LogP contribution in [0, 0.1) is 13.8 Å². The van der Waals surface area contributed by atoms with Crippen molar-refractivity contribution in [3.05, 3.63) is 76.1 Å². The van der Waals surface area contributed by atoms with E-state index in [4.69, 9.17) is 0 Å². The number of halogens is 8. The van der Waals surface area contributed by atoms with Crippen molar-refractivity contribution in [2.45, 2.75) is 45.1 Å². The second kappa shape index (κ2) is 14.4. The molecule has 1 aliphatic heterocycles. The number of hydrogen-bond donors (Lipinski definition) is 2. The summed E-state index contributed by atoms with van der Waals surface area (Å²) in [5, 5.41) is 9.62. The SMILES string of the molecule is Cc1ccc(C[C@@H]2CN(CCCNc3nc[nH]n3)CCN2C(=O)c2cc(C(F)(F)F)cc(C(F)(F)F)c2)cc1C.Cl.Cl. The predicted molar refractivity (Wildman–Crippen MR) is 151 cm³/mol. The van der Waals surface area contributed by atoms with Crippen LogP contribution in [0.15, 0.2) is 42.7 Å². The van der Waals surface area contributed by atoms with Crippen LogP contribution in [0.3, 0.4) is 0 Å². The number of anilines is 1. The molecule has 0 bridgehead atoms. The molecule has 232 valence electrons. The summed E-state index contributed by atoms with van der Waals surface area (Å²) in [6.45, 7) is 6.21. The number of aromatic amines is 1. The largest absolute Gasteiger partial charge is 0.416 e. The zero-order valence-corrected chi connectivity index (χ0v) is 24.5. The minimum absolute atomic E-state index is 0. The predicted octanol–water partition coefficient (Wildman–Crippen LogP) is 6.17. The van der Waals surface area contributed by atoms with Crippen molar-refractivity contribution in [2.75, 3.05) is 38.0 Å². The summed E-state index contributed by atoms with van der Waals surface area (Å²) < 4.78 is 80.7. The molecule has 0 saturated carbocycles. The maximum absolute atomic E-state index is 13.5. The van der Waals surface area contributed by atoms with Gasteiger partial charge in [-0.3, -0.25) is 14.8 Å². The van der Waals surface area contributed by atoms with E-state index in [0.717, 1.165) is 23.1 Å². The van der Waals surface area contributed by atoms with E-state index in [-0.39, 0.29) is 37.4 Å². The van der Waals surface area contributed by atoms with Gasteiger partial charge in [0, 0.05) is 37.8 Å². The molecule has 7 nitrogen and oxygen atoms in total. The topological polar surface area (TPSA) is 77.2 Å². The molecule has 1 aromatic heterocycles. The fourth-order valence-electron chi connectivity index (χ4n) is 4.81. The van der Waals surface area contributed by atoms with Crippen LogP contribution in [0.1, 0.15) is 44.6 Å². The van der Waals surface area contributed by atoms with Gasteiger partial charge < -0.3 is 10.2 Å². The summed E-state index contributed by atoms with van der Waals surface area (Å²) in [5.41, 5.74) is -0.573. The molecule has 0 unspecified atom stereocenters. The van der Waals surface area contributed by atoms with Gasteiger partial charge in [0.15, 0.2) is 0 Å². The Morgan fingerprint density at radius 2 is 1.64 bits per heavy atom. The summed E-state index contributed by atoms with van der Waals surface area (Å²) in [4.78, 5) is 21.1. The van der Waals surface area contributed by atoms with Gasteiger partial charge in [-0.1, -0.05) is 18.2 Å². The molecule has 3 aromatic rings. The van der Waals surface area contributed by atoms with Crippen LogP contribution in [0.2, 0.25) is 0 Å². The van der Waals surface area contributed by atoms with E-state index in [2.05, 4.69) is 25.4 Å². The highest BCUT2D eigenvalue weighted by Gasteiger charge is 2.39. The Hall–Kier alpha value is -3.03. The monoisotopic (exact) mass is 640 g/mol. The molecule has 1 amide bonds. The number of hydrogen-bond acceptors (Lipinski definition) is 5. The average Bonchev–Trinajstić information content (AvgIpc) is 3.41. The Kier molecular flexibility index (Phi) is 12.1. The number of aromatic nitrogens is 3. The van der Waals surface area contributed by atoms with Gasteiger partial charge in [-0.15, -0.1) is 29.9 Å². The van der Waals surface area contributed by atoms with Gasteiger partial charge in [0.2, 0.25) is 5.95 Å². The number of benzene rings is 2. The third-order valence-corrected chi connectivity index (χ3v) is 7.05. The van der Waals surface area contributed by atoms with Crippen LogP contribution in [0.4, 0.5) is 32.3 Å². The first-order chi connectivity index (χ1) is 18.8. The first kappa shape index (κ1) is 35.2. The molecule has 42 heavy (non-hydrogen) atoms. The van der Waals surface area contributed by atoms with Crippen LogP contribution in [-0.2, 0) is 18.8 Å². The van der Waals surface area contributed by atoms with Crippen LogP contribution >= 0.6 is 24.8 Å². The van der Waals surface area contributed by atoms with Crippen LogP contribution in [-0.4, -0.2) is 69.7 Å². The zero-order chi connectivity index (χ0) is 29.1. The molecular weight excluding hydrogens is 609 g/mol. The van der Waals surface area contributed by atoms with Crippen molar-refractivity contribution in [1.82, 2.24) is 25.0 Å². The molecule has 0 aliphatic carbocycles. The van der Waals surface area contributed by atoms with Crippen molar-refractivity contribution in [1.29, 1.82) is 0 Å². The van der Waals surface area contributed by atoms with Crippen molar-refractivity contribution in [2.24, 2.45) is 0 Å². The van der Waals surface area contributed by atoms with Gasteiger partial charge in [0.1, 0.15) is 6.33 Å². The van der Waals surface area contributed by atoms with Crippen molar-refractivity contribution in [3.8, 4) is 0 Å². The summed E-state index contributed by atoms with van der Waals surface area (Å²) in [5.74, 6) is -0.376. The highest BCUT2D eigenvalue weighted by Crippen LogP contribution is 2.37. The second-order valence-electron chi connectivity index (χ2n) is 9.97. The number of nitrogens with one attached hydrogen (secondary N) is 2. The van der Waals surface area contributed by atoms with Gasteiger partial charge in [0.25, 0.3) is 5.91 Å². The first-order valence-corrected chi connectivity index (χ1v) is 12.8. The van der Waals surface area contributed by atoms with E-state index in [9.17, 15) is 31.1 Å². The average molecular weight is 641 g/mol. The Balaban J connectivity index is 0.00000308. The molecule has 0 spiro atoms. The lowest BCUT2D eigenvalue weighted by atomic mass is 9.97. The van der Waals surface area contributed by atoms with Crippen molar-refractivity contribution < 1.29 is 31.1 Å². The number of rotatable bonds is 8. The van der Waals surface area contributed by atoms with Gasteiger partial charge in [-0.2, -0.15) is 26.3 Å². The number of aryl methyl sites for hydroxylation is 2. The van der Waals surface area contributed by atoms with Crippen molar-refractivity contribution in [3.63, 3.8) is 0 Å². The second-order valence-corrected chi connectivity index (χ2v) is 9.97. The zero-order valence-electron chi connectivity index (χ0n) is 22.8. The normalized spacial score (nSPS) is 16.0. The lowest BCUT2D eigenvalue weighted by molar-refractivity contribution is -0.143. The molecule has 0 radical (unpaired) electrons. The fraction of sp³-hybridized carbons (Fsp3) is 0.444. The van der Waals surface area contributed by atoms with Crippen LogP contribution in [0.25, 0.3) is 0 Å². The molecule has 2 heterocycles. The first-order valence-electron chi connectivity index (χ1n) is 12.8. The van der Waals surface area contributed by atoms with Crippen LogP contribution < -0.4 is 5.32 Å². The molecule has 2 N–H and O–H groups in total. The number of carbonyl (C=O) groups is 1. The van der Waals surface area contributed by atoms with E-state index in [0.29, 0.717) is 50.7 Å². The number of alkyl halides is 6. The molecule has 4 rings (SSSR count). The molecule has 1 fully saturated rings. The van der Waals surface area contributed by atoms with E-state index in [1.54, 1.807) is 0 Å². The van der Waals surface area contributed by atoms with E-state index in [1.807, 2.05) is 32.0 Å². The van der Waals surface area contributed by atoms with E-state index in [1.165, 1.54) is 11.2 Å². The van der Waals surface area contributed by atoms with Gasteiger partial charge in [-0.25, -0.2) is 4.98 Å². The Labute approximate surface area is 251 Å². The number of amides is 1. The fourth-order valence-corrected chi connectivity index (χ4v) is 4.81. The smallest absolute Gasteiger partial charge is 0.353 e. The summed E-state index contributed by atoms with van der Waals surface area (Å²) in [6.07, 6.45) is -7.47. The summed E-state index contributed by atoms with van der Waals surface area (Å²) >= 11 is 0. The molecule has 1 saturated heterocycles. The van der Waals surface area contributed by atoms with Gasteiger partial charge in [-0.05, 0) is 68.1 Å². The molecular formula is C27H32Cl2F6N6O. The van der Waals surface area contributed by atoms with E-state index < -0.39 is 41.0 Å². The molecule has 1 atom stereocenters. The maximum Gasteiger partial charge on any atom is 0.416 e. The molecule has 1 aliphatic rings. The number of carbonyl (C=O) groups excluding carboxylic acids is 1. The van der Waals surface area contributed by atoms with Gasteiger partial charge in [0.05, 0.1) is 11.1 Å².